The number of phenols is 1. The molecule has 0 bridgehead atoms. The molecule has 0 saturated heterocycles. The minimum Gasteiger partial charge on any atom is -0.508 e. The van der Waals surface area contributed by atoms with Crippen LogP contribution in [0.5, 0.6) is 5.75 Å². The van der Waals surface area contributed by atoms with Crippen molar-refractivity contribution in [2.24, 2.45) is 0 Å². The highest BCUT2D eigenvalue weighted by molar-refractivity contribution is 5.62. The first kappa shape index (κ1) is 13.8. The molecule has 0 amide bonds. The predicted molar refractivity (Wildman–Crippen MR) is 75.6 cm³/mol. The van der Waals surface area contributed by atoms with Crippen molar-refractivity contribution in [3.05, 3.63) is 35.4 Å². The lowest BCUT2D eigenvalue weighted by Gasteiger charge is -2.29. The van der Waals surface area contributed by atoms with Crippen LogP contribution in [0.1, 0.15) is 58.2 Å². The molecule has 0 heterocycles. The van der Waals surface area contributed by atoms with E-state index in [1.807, 2.05) is 18.2 Å². The van der Waals surface area contributed by atoms with Crippen LogP contribution in [-0.4, -0.2) is 5.11 Å². The van der Waals surface area contributed by atoms with Crippen molar-refractivity contribution in [2.75, 3.05) is 0 Å². The van der Waals surface area contributed by atoms with E-state index in [-0.39, 0.29) is 10.8 Å². The fraction of sp³-hybridized carbons (Fsp3) is 0.500. The van der Waals surface area contributed by atoms with Crippen molar-refractivity contribution in [1.82, 2.24) is 0 Å². The molecule has 0 aromatic heterocycles. The van der Waals surface area contributed by atoms with Crippen molar-refractivity contribution in [2.45, 2.75) is 52.4 Å². The Labute approximate surface area is 105 Å². The van der Waals surface area contributed by atoms with Gasteiger partial charge in [-0.3, -0.25) is 0 Å². The molecule has 0 aliphatic carbocycles. The van der Waals surface area contributed by atoms with E-state index >= 15 is 0 Å². The molecule has 0 unspecified atom stereocenters. The smallest absolute Gasteiger partial charge is 0.116 e. The highest BCUT2D eigenvalue weighted by Gasteiger charge is 2.25. The van der Waals surface area contributed by atoms with Gasteiger partial charge >= 0.3 is 0 Å². The van der Waals surface area contributed by atoms with Gasteiger partial charge in [-0.2, -0.15) is 0 Å². The van der Waals surface area contributed by atoms with Gasteiger partial charge in [0.2, 0.25) is 0 Å². The lowest BCUT2D eigenvalue weighted by molar-refractivity contribution is 0.465. The Kier molecular flexibility index (Phi) is 3.42. The SMILES string of the molecule is C=Cc1c(C(C)(C)C)cc(O)cc1C(C)(C)C. The van der Waals surface area contributed by atoms with Crippen molar-refractivity contribution < 1.29 is 5.11 Å². The topological polar surface area (TPSA) is 20.2 Å². The monoisotopic (exact) mass is 232 g/mol. The average molecular weight is 232 g/mol. The van der Waals surface area contributed by atoms with Gasteiger partial charge in [-0.1, -0.05) is 54.2 Å². The fourth-order valence-electron chi connectivity index (χ4n) is 2.10. The predicted octanol–water partition coefficient (Wildman–Crippen LogP) is 4.63. The van der Waals surface area contributed by atoms with Crippen LogP contribution in [0.3, 0.4) is 0 Å². The summed E-state index contributed by atoms with van der Waals surface area (Å²) < 4.78 is 0. The summed E-state index contributed by atoms with van der Waals surface area (Å²) in [4.78, 5) is 0. The molecule has 1 nitrogen and oxygen atoms in total. The molecule has 0 spiro atoms. The van der Waals surface area contributed by atoms with E-state index < -0.39 is 0 Å². The largest absolute Gasteiger partial charge is 0.508 e. The molecule has 0 atom stereocenters. The number of hydrogen-bond acceptors (Lipinski definition) is 1. The molecule has 1 aromatic carbocycles. The standard InChI is InChI=1S/C16H24O/c1-8-12-13(15(2,3)4)9-11(17)10-14(12)16(5,6)7/h8-10,17H,1H2,2-7H3. The number of hydrogen-bond donors (Lipinski definition) is 1. The van der Waals surface area contributed by atoms with Crippen LogP contribution < -0.4 is 0 Å². The van der Waals surface area contributed by atoms with Gasteiger partial charge < -0.3 is 5.11 Å². The quantitative estimate of drug-likeness (QED) is 0.748. The van der Waals surface area contributed by atoms with Crippen LogP contribution in [0.2, 0.25) is 0 Å². The Balaban J connectivity index is 3.64. The van der Waals surface area contributed by atoms with Gasteiger partial charge in [0.15, 0.2) is 0 Å². The van der Waals surface area contributed by atoms with E-state index in [4.69, 9.17) is 0 Å². The second-order valence-electron chi connectivity index (χ2n) is 6.66. The van der Waals surface area contributed by atoms with Crippen LogP contribution in [0.25, 0.3) is 6.08 Å². The van der Waals surface area contributed by atoms with Crippen LogP contribution in [-0.2, 0) is 10.8 Å². The summed E-state index contributed by atoms with van der Waals surface area (Å²) in [5.41, 5.74) is 3.46. The molecule has 1 heteroatoms. The number of phenolic OH excluding ortho intramolecular Hbond substituents is 1. The van der Waals surface area contributed by atoms with E-state index in [1.165, 1.54) is 0 Å². The molecule has 0 fully saturated rings. The number of aromatic hydroxyl groups is 1. The van der Waals surface area contributed by atoms with Crippen molar-refractivity contribution in [3.8, 4) is 5.75 Å². The zero-order chi connectivity index (χ0) is 13.4. The Morgan fingerprint density at radius 2 is 1.29 bits per heavy atom. The zero-order valence-electron chi connectivity index (χ0n) is 11.9. The summed E-state index contributed by atoms with van der Waals surface area (Å²) >= 11 is 0. The van der Waals surface area contributed by atoms with Crippen LogP contribution in [0, 0.1) is 0 Å². The Morgan fingerprint density at radius 3 is 1.53 bits per heavy atom. The minimum absolute atomic E-state index is 0.00225. The highest BCUT2D eigenvalue weighted by atomic mass is 16.3. The minimum atomic E-state index is 0.00225. The summed E-state index contributed by atoms with van der Waals surface area (Å²) in [5, 5.41) is 9.91. The van der Waals surface area contributed by atoms with E-state index in [1.54, 1.807) is 0 Å². The van der Waals surface area contributed by atoms with Gasteiger partial charge in [-0.15, -0.1) is 0 Å². The Morgan fingerprint density at radius 1 is 0.941 bits per heavy atom. The first-order chi connectivity index (χ1) is 7.57. The van der Waals surface area contributed by atoms with Gasteiger partial charge in [-0.05, 0) is 39.7 Å². The van der Waals surface area contributed by atoms with Gasteiger partial charge in [0.25, 0.3) is 0 Å². The molecule has 1 rings (SSSR count). The lowest BCUT2D eigenvalue weighted by Crippen LogP contribution is -2.19. The van der Waals surface area contributed by atoms with Crippen molar-refractivity contribution in [3.63, 3.8) is 0 Å². The van der Waals surface area contributed by atoms with E-state index in [2.05, 4.69) is 48.1 Å². The van der Waals surface area contributed by atoms with E-state index in [0.717, 1.165) is 16.7 Å². The maximum Gasteiger partial charge on any atom is 0.116 e. The van der Waals surface area contributed by atoms with Gasteiger partial charge in [0.05, 0.1) is 0 Å². The number of benzene rings is 1. The normalized spacial score (nSPS) is 12.6. The van der Waals surface area contributed by atoms with Crippen LogP contribution >= 0.6 is 0 Å². The fourth-order valence-corrected chi connectivity index (χ4v) is 2.10. The molecule has 0 aliphatic rings. The van der Waals surface area contributed by atoms with Gasteiger partial charge in [-0.25, -0.2) is 0 Å². The van der Waals surface area contributed by atoms with Gasteiger partial charge in [0.1, 0.15) is 5.75 Å². The Hall–Kier alpha value is -1.24. The maximum atomic E-state index is 9.91. The third-order valence-electron chi connectivity index (χ3n) is 2.98. The molecular weight excluding hydrogens is 208 g/mol. The summed E-state index contributed by atoms with van der Waals surface area (Å²) in [6.07, 6.45) is 1.90. The summed E-state index contributed by atoms with van der Waals surface area (Å²) in [7, 11) is 0. The summed E-state index contributed by atoms with van der Waals surface area (Å²) in [5.74, 6) is 0.338. The zero-order valence-corrected chi connectivity index (χ0v) is 11.9. The molecular formula is C16H24O. The third kappa shape index (κ3) is 2.91. The number of rotatable bonds is 1. The molecule has 0 aliphatic heterocycles. The van der Waals surface area contributed by atoms with Crippen LogP contribution in [0.15, 0.2) is 18.7 Å². The van der Waals surface area contributed by atoms with Crippen LogP contribution in [0.4, 0.5) is 0 Å². The average Bonchev–Trinajstić information content (AvgIpc) is 2.13. The molecule has 17 heavy (non-hydrogen) atoms. The summed E-state index contributed by atoms with van der Waals surface area (Å²) in [6.45, 7) is 16.9. The Bertz CT molecular complexity index is 393. The molecule has 1 N–H and O–H groups in total. The summed E-state index contributed by atoms with van der Waals surface area (Å²) in [6, 6.07) is 3.71. The van der Waals surface area contributed by atoms with Gasteiger partial charge in [0, 0.05) is 0 Å². The first-order valence-corrected chi connectivity index (χ1v) is 6.08. The lowest BCUT2D eigenvalue weighted by atomic mass is 9.76. The highest BCUT2D eigenvalue weighted by Crippen LogP contribution is 2.37. The molecule has 0 saturated carbocycles. The first-order valence-electron chi connectivity index (χ1n) is 6.08. The maximum absolute atomic E-state index is 9.91. The third-order valence-corrected chi connectivity index (χ3v) is 2.98. The van der Waals surface area contributed by atoms with Crippen molar-refractivity contribution in [1.29, 1.82) is 0 Å². The second-order valence-corrected chi connectivity index (χ2v) is 6.66. The van der Waals surface area contributed by atoms with E-state index in [0.29, 0.717) is 5.75 Å². The van der Waals surface area contributed by atoms with Crippen molar-refractivity contribution >= 4 is 6.08 Å². The second kappa shape index (κ2) is 4.21. The molecule has 0 radical (unpaired) electrons. The molecule has 1 aromatic rings. The van der Waals surface area contributed by atoms with E-state index in [9.17, 15) is 5.11 Å². The molecule has 94 valence electrons.